The largest absolute Gasteiger partial charge is 0.396 e. The van der Waals surface area contributed by atoms with Crippen LogP contribution in [0.2, 0.25) is 0 Å². The number of anilines is 1. The molecule has 0 amide bonds. The molecule has 0 atom stereocenters. The summed E-state index contributed by atoms with van der Waals surface area (Å²) in [6.07, 6.45) is 3.10. The average Bonchev–Trinajstić information content (AvgIpc) is 2.22. The molecule has 1 aromatic rings. The maximum Gasteiger partial charge on any atom is 0.160 e. The highest BCUT2D eigenvalue weighted by Crippen LogP contribution is 2.40. The first kappa shape index (κ1) is 11.3. The minimum Gasteiger partial charge on any atom is -0.396 e. The van der Waals surface area contributed by atoms with Crippen LogP contribution in [0.3, 0.4) is 0 Å². The Bertz CT molecular complexity index is 372. The molecule has 2 rings (SSSR count). The van der Waals surface area contributed by atoms with Crippen LogP contribution in [0.25, 0.3) is 0 Å². The molecule has 0 radical (unpaired) electrons. The molecule has 2 N–H and O–H groups in total. The van der Waals surface area contributed by atoms with E-state index in [4.69, 9.17) is 0 Å². The third-order valence-electron chi connectivity index (χ3n) is 3.34. The summed E-state index contributed by atoms with van der Waals surface area (Å²) in [4.78, 5) is 0. The van der Waals surface area contributed by atoms with Crippen molar-refractivity contribution in [3.63, 3.8) is 0 Å². The monoisotopic (exact) mass is 227 g/mol. The van der Waals surface area contributed by atoms with Crippen LogP contribution in [0.4, 0.5) is 14.5 Å². The summed E-state index contributed by atoms with van der Waals surface area (Å²) in [5.41, 5.74) is 0.490. The molecule has 2 nitrogen and oxygen atoms in total. The van der Waals surface area contributed by atoms with Gasteiger partial charge in [0.25, 0.3) is 0 Å². The minimum atomic E-state index is -0.850. The van der Waals surface area contributed by atoms with Crippen LogP contribution in [0.5, 0.6) is 0 Å². The Balaban J connectivity index is 1.96. The predicted octanol–water partition coefficient (Wildman–Crippen LogP) is 2.54. The van der Waals surface area contributed by atoms with Crippen molar-refractivity contribution < 1.29 is 13.9 Å². The second-order valence-corrected chi connectivity index (χ2v) is 4.49. The fourth-order valence-electron chi connectivity index (χ4n) is 1.96. The third kappa shape index (κ3) is 2.16. The summed E-state index contributed by atoms with van der Waals surface area (Å²) in [7, 11) is 0. The van der Waals surface area contributed by atoms with Gasteiger partial charge in [-0.3, -0.25) is 0 Å². The zero-order chi connectivity index (χ0) is 11.6. The molecule has 0 spiro atoms. The number of hydrogen-bond donors (Lipinski definition) is 2. The van der Waals surface area contributed by atoms with Gasteiger partial charge in [-0.25, -0.2) is 8.78 Å². The Morgan fingerprint density at radius 3 is 2.50 bits per heavy atom. The lowest BCUT2D eigenvalue weighted by Crippen LogP contribution is -2.39. The van der Waals surface area contributed by atoms with E-state index >= 15 is 0 Å². The molecule has 16 heavy (non-hydrogen) atoms. The molecule has 88 valence electrons. The van der Waals surface area contributed by atoms with Gasteiger partial charge in [-0.15, -0.1) is 0 Å². The first-order valence-electron chi connectivity index (χ1n) is 5.45. The Hall–Kier alpha value is -1.16. The van der Waals surface area contributed by atoms with Gasteiger partial charge >= 0.3 is 0 Å². The van der Waals surface area contributed by atoms with Gasteiger partial charge in [-0.1, -0.05) is 6.42 Å². The average molecular weight is 227 g/mol. The molecule has 0 unspecified atom stereocenters. The van der Waals surface area contributed by atoms with Crippen molar-refractivity contribution in [2.24, 2.45) is 5.41 Å². The molecule has 1 fully saturated rings. The molecule has 4 heteroatoms. The highest BCUT2D eigenvalue weighted by Gasteiger charge is 2.35. The van der Waals surface area contributed by atoms with E-state index in [0.29, 0.717) is 12.2 Å². The van der Waals surface area contributed by atoms with E-state index in [9.17, 15) is 13.9 Å². The fraction of sp³-hybridized carbons (Fsp3) is 0.500. The van der Waals surface area contributed by atoms with Gasteiger partial charge < -0.3 is 10.4 Å². The van der Waals surface area contributed by atoms with Gasteiger partial charge in [0, 0.05) is 17.6 Å². The highest BCUT2D eigenvalue weighted by molar-refractivity contribution is 5.43. The van der Waals surface area contributed by atoms with Crippen LogP contribution in [0.15, 0.2) is 18.2 Å². The van der Waals surface area contributed by atoms with E-state index in [2.05, 4.69) is 5.32 Å². The summed E-state index contributed by atoms with van der Waals surface area (Å²) in [5, 5.41) is 12.3. The summed E-state index contributed by atoms with van der Waals surface area (Å²) < 4.78 is 25.6. The second-order valence-electron chi connectivity index (χ2n) is 4.49. The van der Waals surface area contributed by atoms with Crippen molar-refractivity contribution in [1.82, 2.24) is 0 Å². The van der Waals surface area contributed by atoms with Gasteiger partial charge in [0.05, 0.1) is 6.61 Å². The van der Waals surface area contributed by atoms with E-state index in [1.165, 1.54) is 6.07 Å². The van der Waals surface area contributed by atoms with Crippen LogP contribution in [-0.2, 0) is 0 Å². The third-order valence-corrected chi connectivity index (χ3v) is 3.34. The molecular weight excluding hydrogens is 212 g/mol. The second kappa shape index (κ2) is 4.37. The van der Waals surface area contributed by atoms with Crippen molar-refractivity contribution in [1.29, 1.82) is 0 Å². The van der Waals surface area contributed by atoms with E-state index in [0.717, 1.165) is 31.4 Å². The van der Waals surface area contributed by atoms with Gasteiger partial charge in [-0.2, -0.15) is 0 Å². The molecule has 1 saturated carbocycles. The summed E-state index contributed by atoms with van der Waals surface area (Å²) >= 11 is 0. The zero-order valence-corrected chi connectivity index (χ0v) is 8.97. The van der Waals surface area contributed by atoms with Crippen molar-refractivity contribution in [2.45, 2.75) is 19.3 Å². The lowest BCUT2D eigenvalue weighted by Gasteiger charge is -2.40. The lowest BCUT2D eigenvalue weighted by atomic mass is 9.69. The summed E-state index contributed by atoms with van der Waals surface area (Å²) in [6, 6.07) is 3.74. The molecule has 1 aliphatic carbocycles. The standard InChI is InChI=1S/C12H15F2NO/c13-10-3-2-9(6-11(10)14)15-7-12(8-16)4-1-5-12/h2-3,6,15-16H,1,4-5,7-8H2. The van der Waals surface area contributed by atoms with Crippen molar-refractivity contribution in [2.75, 3.05) is 18.5 Å². The van der Waals surface area contributed by atoms with Crippen LogP contribution in [0, 0.1) is 17.0 Å². The topological polar surface area (TPSA) is 32.3 Å². The molecule has 0 bridgehead atoms. The molecule has 0 heterocycles. The molecule has 1 aromatic carbocycles. The van der Waals surface area contributed by atoms with Crippen molar-refractivity contribution >= 4 is 5.69 Å². The van der Waals surface area contributed by atoms with E-state index < -0.39 is 11.6 Å². The number of aliphatic hydroxyl groups excluding tert-OH is 1. The van der Waals surface area contributed by atoms with Crippen LogP contribution >= 0.6 is 0 Å². The Kier molecular flexibility index (Phi) is 3.10. The predicted molar refractivity (Wildman–Crippen MR) is 58.2 cm³/mol. The van der Waals surface area contributed by atoms with Gasteiger partial charge in [0.2, 0.25) is 0 Å². The van der Waals surface area contributed by atoms with Gasteiger partial charge in [0.1, 0.15) is 0 Å². The van der Waals surface area contributed by atoms with Crippen LogP contribution < -0.4 is 5.32 Å². The number of aliphatic hydroxyl groups is 1. The molecular formula is C12H15F2NO. The maximum absolute atomic E-state index is 12.9. The fourth-order valence-corrected chi connectivity index (χ4v) is 1.96. The summed E-state index contributed by atoms with van der Waals surface area (Å²) in [6.45, 7) is 0.748. The van der Waals surface area contributed by atoms with Crippen LogP contribution in [-0.4, -0.2) is 18.3 Å². The first-order valence-corrected chi connectivity index (χ1v) is 5.45. The number of rotatable bonds is 4. The SMILES string of the molecule is OCC1(CNc2ccc(F)c(F)c2)CCC1. The number of nitrogens with one attached hydrogen (secondary N) is 1. The van der Waals surface area contributed by atoms with Gasteiger partial charge in [0.15, 0.2) is 11.6 Å². The van der Waals surface area contributed by atoms with Crippen LogP contribution in [0.1, 0.15) is 19.3 Å². The first-order chi connectivity index (χ1) is 7.65. The highest BCUT2D eigenvalue weighted by atomic mass is 19.2. The summed E-state index contributed by atoms with van der Waals surface area (Å²) in [5.74, 6) is -1.69. The number of benzene rings is 1. The Morgan fingerprint density at radius 1 is 1.25 bits per heavy atom. The van der Waals surface area contributed by atoms with Gasteiger partial charge in [-0.05, 0) is 31.0 Å². The Morgan fingerprint density at radius 2 is 2.00 bits per heavy atom. The number of halogens is 2. The smallest absolute Gasteiger partial charge is 0.160 e. The van der Waals surface area contributed by atoms with Crippen molar-refractivity contribution in [3.8, 4) is 0 Å². The zero-order valence-electron chi connectivity index (χ0n) is 8.97. The van der Waals surface area contributed by atoms with E-state index in [-0.39, 0.29) is 12.0 Å². The van der Waals surface area contributed by atoms with E-state index in [1.54, 1.807) is 0 Å². The molecule has 0 saturated heterocycles. The van der Waals surface area contributed by atoms with Crippen molar-refractivity contribution in [3.05, 3.63) is 29.8 Å². The number of hydrogen-bond acceptors (Lipinski definition) is 2. The maximum atomic E-state index is 12.9. The molecule has 0 aromatic heterocycles. The Labute approximate surface area is 93.3 Å². The lowest BCUT2D eigenvalue weighted by molar-refractivity contribution is 0.0576. The molecule has 1 aliphatic rings. The minimum absolute atomic E-state index is 0.0646. The normalized spacial score (nSPS) is 17.9. The van der Waals surface area contributed by atoms with E-state index in [1.807, 2.05) is 0 Å². The quantitative estimate of drug-likeness (QED) is 0.828. The molecule has 0 aliphatic heterocycles.